The second kappa shape index (κ2) is 11.4. The van der Waals surface area contributed by atoms with Crippen molar-refractivity contribution < 1.29 is 18.7 Å². The molecule has 1 aromatic heterocycles. The van der Waals surface area contributed by atoms with E-state index in [1.54, 1.807) is 28.8 Å². The van der Waals surface area contributed by atoms with Crippen LogP contribution in [0.2, 0.25) is 0 Å². The Morgan fingerprint density at radius 2 is 1.63 bits per heavy atom. The molecule has 1 amide bonds. The number of aryl methyl sites for hydroxylation is 1. The van der Waals surface area contributed by atoms with E-state index < -0.39 is 11.7 Å². The quantitative estimate of drug-likeness (QED) is 0.298. The van der Waals surface area contributed by atoms with Crippen LogP contribution in [0.1, 0.15) is 28.5 Å². The number of amides is 1. The van der Waals surface area contributed by atoms with Crippen LogP contribution in [-0.2, 0) is 17.7 Å². The molecule has 6 nitrogen and oxygen atoms in total. The van der Waals surface area contributed by atoms with Crippen molar-refractivity contribution in [1.82, 2.24) is 14.7 Å². The first kappa shape index (κ1) is 24.2. The van der Waals surface area contributed by atoms with E-state index in [-0.39, 0.29) is 18.7 Å². The molecule has 0 fully saturated rings. The van der Waals surface area contributed by atoms with Crippen molar-refractivity contribution in [1.29, 1.82) is 0 Å². The normalized spacial score (nSPS) is 10.8. The molecule has 0 radical (unpaired) electrons. The van der Waals surface area contributed by atoms with Gasteiger partial charge in [-0.25, -0.2) is 9.07 Å². The zero-order valence-electron chi connectivity index (χ0n) is 19.9. The maximum absolute atomic E-state index is 14.5. The summed E-state index contributed by atoms with van der Waals surface area (Å²) in [5.41, 5.74) is 2.41. The highest BCUT2D eigenvalue weighted by Crippen LogP contribution is 2.32. The zero-order chi connectivity index (χ0) is 24.6. The van der Waals surface area contributed by atoms with E-state index in [2.05, 4.69) is 0 Å². The Balaban J connectivity index is 1.79. The molecule has 7 heteroatoms. The summed E-state index contributed by atoms with van der Waals surface area (Å²) in [5, 5.41) is 4.83. The molecular weight excluding hydrogens is 445 g/mol. The number of carbonyl (C=O) groups is 1. The molecular formula is C28H28FN3O3. The summed E-state index contributed by atoms with van der Waals surface area (Å²) in [6.45, 7) is 2.79. The molecule has 4 rings (SSSR count). The molecule has 0 saturated heterocycles. The third kappa shape index (κ3) is 5.58. The Morgan fingerprint density at radius 1 is 0.971 bits per heavy atom. The van der Waals surface area contributed by atoms with E-state index in [1.165, 1.54) is 12.1 Å². The summed E-state index contributed by atoms with van der Waals surface area (Å²) in [4.78, 5) is 15.0. The number of ether oxygens (including phenoxy) is 2. The first-order valence-corrected chi connectivity index (χ1v) is 11.5. The number of hydrogen-bond acceptors (Lipinski definition) is 4. The van der Waals surface area contributed by atoms with Gasteiger partial charge in [0, 0.05) is 13.7 Å². The third-order valence-electron chi connectivity index (χ3n) is 5.62. The summed E-state index contributed by atoms with van der Waals surface area (Å²) < 4.78 is 27.8. The highest BCUT2D eigenvalue weighted by molar-refractivity contribution is 5.94. The number of aromatic nitrogens is 2. The summed E-state index contributed by atoms with van der Waals surface area (Å²) in [6, 6.07) is 25.1. The van der Waals surface area contributed by atoms with Crippen molar-refractivity contribution in [2.24, 2.45) is 0 Å². The predicted molar refractivity (Wildman–Crippen MR) is 132 cm³/mol. The molecule has 0 unspecified atom stereocenters. The van der Waals surface area contributed by atoms with Crippen LogP contribution in [0.5, 0.6) is 11.6 Å². The lowest BCUT2D eigenvalue weighted by molar-refractivity contribution is 0.0674. The number of benzene rings is 3. The lowest BCUT2D eigenvalue weighted by Crippen LogP contribution is -2.34. The Kier molecular flexibility index (Phi) is 7.90. The van der Waals surface area contributed by atoms with Crippen molar-refractivity contribution in [2.75, 3.05) is 20.3 Å². The van der Waals surface area contributed by atoms with E-state index >= 15 is 0 Å². The summed E-state index contributed by atoms with van der Waals surface area (Å²) >= 11 is 0. The molecule has 180 valence electrons. The van der Waals surface area contributed by atoms with Gasteiger partial charge in [0.15, 0.2) is 0 Å². The van der Waals surface area contributed by atoms with Crippen molar-refractivity contribution in [3.63, 3.8) is 0 Å². The van der Waals surface area contributed by atoms with E-state index in [1.807, 2.05) is 67.6 Å². The van der Waals surface area contributed by atoms with Gasteiger partial charge in [-0.3, -0.25) is 4.79 Å². The van der Waals surface area contributed by atoms with E-state index in [4.69, 9.17) is 14.6 Å². The fourth-order valence-electron chi connectivity index (χ4n) is 3.82. The summed E-state index contributed by atoms with van der Waals surface area (Å²) in [7, 11) is 1.57. The Bertz CT molecular complexity index is 1260. The highest BCUT2D eigenvalue weighted by Gasteiger charge is 2.26. The zero-order valence-corrected chi connectivity index (χ0v) is 19.9. The average molecular weight is 474 g/mol. The predicted octanol–water partition coefficient (Wildman–Crippen LogP) is 5.65. The van der Waals surface area contributed by atoms with Crippen LogP contribution in [0.15, 0.2) is 84.9 Å². The molecule has 0 aliphatic carbocycles. The average Bonchev–Trinajstić information content (AvgIpc) is 3.24. The Labute approximate surface area is 204 Å². The van der Waals surface area contributed by atoms with Crippen LogP contribution >= 0.6 is 0 Å². The topological polar surface area (TPSA) is 56.6 Å². The molecule has 0 N–H and O–H groups in total. The number of hydrogen-bond donors (Lipinski definition) is 0. The maximum atomic E-state index is 14.5. The standard InChI is InChI=1S/C28H28FN3O3/c1-3-26-24(20-31(18-19-34-2)27(33)23-16-10-11-17-25(23)29)28(35-22-14-8-5-9-15-22)32(30-26)21-12-6-4-7-13-21/h4-17H,3,18-20H2,1-2H3. The molecule has 0 bridgehead atoms. The minimum atomic E-state index is -0.559. The number of halogens is 1. The van der Waals surface area contributed by atoms with Crippen LogP contribution in [0.4, 0.5) is 4.39 Å². The molecule has 0 saturated carbocycles. The third-order valence-corrected chi connectivity index (χ3v) is 5.62. The smallest absolute Gasteiger partial charge is 0.257 e. The lowest BCUT2D eigenvalue weighted by Gasteiger charge is -2.23. The van der Waals surface area contributed by atoms with Crippen LogP contribution in [0.3, 0.4) is 0 Å². The van der Waals surface area contributed by atoms with Crippen molar-refractivity contribution in [3.8, 4) is 17.3 Å². The summed E-state index contributed by atoms with van der Waals surface area (Å²) in [5.74, 6) is 0.192. The van der Waals surface area contributed by atoms with Gasteiger partial charge in [0.1, 0.15) is 11.6 Å². The van der Waals surface area contributed by atoms with Crippen LogP contribution in [0, 0.1) is 5.82 Å². The monoisotopic (exact) mass is 473 g/mol. The fourth-order valence-corrected chi connectivity index (χ4v) is 3.82. The summed E-state index contributed by atoms with van der Waals surface area (Å²) in [6.07, 6.45) is 0.631. The number of rotatable bonds is 10. The Morgan fingerprint density at radius 3 is 2.29 bits per heavy atom. The minimum absolute atomic E-state index is 0.0163. The first-order valence-electron chi connectivity index (χ1n) is 11.5. The molecule has 1 heterocycles. The van der Waals surface area contributed by atoms with Crippen molar-refractivity contribution in [2.45, 2.75) is 19.9 Å². The number of nitrogens with zero attached hydrogens (tertiary/aromatic N) is 3. The van der Waals surface area contributed by atoms with E-state index in [9.17, 15) is 9.18 Å². The number of para-hydroxylation sites is 2. The SMILES string of the molecule is CCc1nn(-c2ccccc2)c(Oc2ccccc2)c1CN(CCOC)C(=O)c1ccccc1F. The van der Waals surface area contributed by atoms with E-state index in [0.717, 1.165) is 16.9 Å². The Hall–Kier alpha value is -3.97. The van der Waals surface area contributed by atoms with Gasteiger partial charge in [-0.15, -0.1) is 0 Å². The molecule has 0 aliphatic heterocycles. The van der Waals surface area contributed by atoms with Crippen LogP contribution in [-0.4, -0.2) is 40.8 Å². The van der Waals surface area contributed by atoms with Gasteiger partial charge >= 0.3 is 0 Å². The molecule has 0 spiro atoms. The van der Waals surface area contributed by atoms with Crippen molar-refractivity contribution >= 4 is 5.91 Å². The van der Waals surface area contributed by atoms with Gasteiger partial charge < -0.3 is 14.4 Å². The second-order valence-electron chi connectivity index (χ2n) is 7.95. The van der Waals surface area contributed by atoms with Gasteiger partial charge in [0.05, 0.1) is 35.7 Å². The lowest BCUT2D eigenvalue weighted by atomic mass is 10.1. The largest absolute Gasteiger partial charge is 0.439 e. The molecule has 0 aliphatic rings. The van der Waals surface area contributed by atoms with Gasteiger partial charge in [0.25, 0.3) is 5.91 Å². The van der Waals surface area contributed by atoms with Gasteiger partial charge in [-0.05, 0) is 42.8 Å². The highest BCUT2D eigenvalue weighted by atomic mass is 19.1. The molecule has 4 aromatic rings. The fraction of sp³-hybridized carbons (Fsp3) is 0.214. The van der Waals surface area contributed by atoms with Gasteiger partial charge in [-0.1, -0.05) is 55.5 Å². The molecule has 35 heavy (non-hydrogen) atoms. The second-order valence-corrected chi connectivity index (χ2v) is 7.95. The van der Waals surface area contributed by atoms with Gasteiger partial charge in [-0.2, -0.15) is 5.10 Å². The maximum Gasteiger partial charge on any atom is 0.257 e. The first-order chi connectivity index (χ1) is 17.1. The number of carbonyl (C=O) groups excluding carboxylic acids is 1. The number of methoxy groups -OCH3 is 1. The van der Waals surface area contributed by atoms with E-state index in [0.29, 0.717) is 24.7 Å². The van der Waals surface area contributed by atoms with Crippen molar-refractivity contribution in [3.05, 3.63) is 108 Å². The van der Waals surface area contributed by atoms with Crippen LogP contribution < -0.4 is 4.74 Å². The molecule has 3 aromatic carbocycles. The molecule has 0 atom stereocenters. The minimum Gasteiger partial charge on any atom is -0.439 e. The van der Waals surface area contributed by atoms with Crippen LogP contribution in [0.25, 0.3) is 5.69 Å². The van der Waals surface area contributed by atoms with Gasteiger partial charge in [0.2, 0.25) is 5.88 Å².